The average molecular weight is 213 g/mol. The van der Waals surface area contributed by atoms with E-state index in [-0.39, 0.29) is 11.5 Å². The predicted octanol–water partition coefficient (Wildman–Crippen LogP) is 1.08. The van der Waals surface area contributed by atoms with Gasteiger partial charge in [-0.2, -0.15) is 0 Å². The summed E-state index contributed by atoms with van der Waals surface area (Å²) in [6.45, 7) is 2.14. The van der Waals surface area contributed by atoms with Crippen LogP contribution in [-0.2, 0) is 22.1 Å². The van der Waals surface area contributed by atoms with Crippen molar-refractivity contribution in [1.82, 2.24) is 0 Å². The van der Waals surface area contributed by atoms with E-state index in [1.165, 1.54) is 0 Å². The second-order valence-corrected chi connectivity index (χ2v) is 5.55. The summed E-state index contributed by atoms with van der Waals surface area (Å²) in [6, 6.07) is 7.35. The molecule has 4 heteroatoms. The first-order valence-corrected chi connectivity index (χ1v) is 6.38. The minimum Gasteiger partial charge on any atom is -0.326 e. The molecule has 0 heterocycles. The molecular weight excluding hydrogens is 198 g/mol. The van der Waals surface area contributed by atoms with Crippen molar-refractivity contribution < 1.29 is 8.42 Å². The van der Waals surface area contributed by atoms with Gasteiger partial charge in [0.2, 0.25) is 0 Å². The van der Waals surface area contributed by atoms with E-state index in [1.54, 1.807) is 6.92 Å². The van der Waals surface area contributed by atoms with Crippen molar-refractivity contribution in [3.8, 4) is 0 Å². The fourth-order valence-electron chi connectivity index (χ4n) is 1.13. The monoisotopic (exact) mass is 213 g/mol. The van der Waals surface area contributed by atoms with Gasteiger partial charge in [0, 0.05) is 12.3 Å². The number of benzene rings is 1. The molecule has 0 amide bonds. The van der Waals surface area contributed by atoms with E-state index in [2.05, 4.69) is 0 Å². The van der Waals surface area contributed by atoms with Crippen molar-refractivity contribution in [2.75, 3.05) is 5.75 Å². The first-order valence-electron chi connectivity index (χ1n) is 4.55. The fraction of sp³-hybridized carbons (Fsp3) is 0.400. The zero-order valence-electron chi connectivity index (χ0n) is 8.23. The minimum atomic E-state index is -2.92. The molecule has 0 spiro atoms. The molecule has 0 atom stereocenters. The van der Waals surface area contributed by atoms with E-state index in [4.69, 9.17) is 5.73 Å². The second-order valence-electron chi connectivity index (χ2n) is 3.20. The van der Waals surface area contributed by atoms with Crippen LogP contribution in [0.5, 0.6) is 0 Å². The Morgan fingerprint density at radius 3 is 2.07 bits per heavy atom. The van der Waals surface area contributed by atoms with Gasteiger partial charge in [-0.05, 0) is 11.1 Å². The largest absolute Gasteiger partial charge is 0.326 e. The quantitative estimate of drug-likeness (QED) is 0.814. The summed E-state index contributed by atoms with van der Waals surface area (Å²) in [7, 11) is -2.92. The van der Waals surface area contributed by atoms with Gasteiger partial charge in [0.05, 0.1) is 5.75 Å². The van der Waals surface area contributed by atoms with Crippen LogP contribution in [0.3, 0.4) is 0 Å². The first-order chi connectivity index (χ1) is 6.57. The Morgan fingerprint density at radius 1 is 1.14 bits per heavy atom. The fourth-order valence-corrected chi connectivity index (χ4v) is 2.03. The van der Waals surface area contributed by atoms with E-state index in [0.717, 1.165) is 11.1 Å². The van der Waals surface area contributed by atoms with Crippen LogP contribution in [0.1, 0.15) is 18.1 Å². The van der Waals surface area contributed by atoms with Crippen molar-refractivity contribution >= 4 is 9.84 Å². The molecule has 0 aliphatic carbocycles. The molecule has 1 aromatic carbocycles. The molecule has 0 saturated carbocycles. The van der Waals surface area contributed by atoms with Crippen LogP contribution in [0.2, 0.25) is 0 Å². The topological polar surface area (TPSA) is 60.2 Å². The highest BCUT2D eigenvalue weighted by Gasteiger charge is 2.08. The highest BCUT2D eigenvalue weighted by molar-refractivity contribution is 7.90. The van der Waals surface area contributed by atoms with Crippen LogP contribution in [0.15, 0.2) is 24.3 Å². The lowest BCUT2D eigenvalue weighted by Crippen LogP contribution is -2.06. The number of hydrogen-bond acceptors (Lipinski definition) is 3. The summed E-state index contributed by atoms with van der Waals surface area (Å²) in [5.41, 5.74) is 7.27. The molecule has 0 saturated heterocycles. The van der Waals surface area contributed by atoms with Gasteiger partial charge >= 0.3 is 0 Å². The zero-order chi connectivity index (χ0) is 10.6. The molecule has 0 radical (unpaired) electrons. The zero-order valence-corrected chi connectivity index (χ0v) is 9.05. The third-order valence-corrected chi connectivity index (χ3v) is 3.74. The van der Waals surface area contributed by atoms with E-state index in [1.807, 2.05) is 24.3 Å². The molecule has 0 bridgehead atoms. The maximum atomic E-state index is 11.3. The Hall–Kier alpha value is -0.870. The molecule has 2 N–H and O–H groups in total. The normalized spacial score (nSPS) is 11.6. The van der Waals surface area contributed by atoms with E-state index in [9.17, 15) is 8.42 Å². The molecule has 0 aliphatic rings. The molecular formula is C10H15NO2S. The van der Waals surface area contributed by atoms with Crippen LogP contribution in [-0.4, -0.2) is 14.2 Å². The number of nitrogens with two attached hydrogens (primary N) is 1. The van der Waals surface area contributed by atoms with Crippen LogP contribution < -0.4 is 5.73 Å². The lowest BCUT2D eigenvalue weighted by atomic mass is 10.1. The third kappa shape index (κ3) is 3.12. The first kappa shape index (κ1) is 11.2. The molecule has 3 nitrogen and oxygen atoms in total. The highest BCUT2D eigenvalue weighted by Crippen LogP contribution is 2.08. The van der Waals surface area contributed by atoms with Gasteiger partial charge in [-0.15, -0.1) is 0 Å². The molecule has 0 fully saturated rings. The lowest BCUT2D eigenvalue weighted by Gasteiger charge is -2.02. The van der Waals surface area contributed by atoms with Gasteiger partial charge in [0.25, 0.3) is 0 Å². The second kappa shape index (κ2) is 4.57. The molecule has 14 heavy (non-hydrogen) atoms. The van der Waals surface area contributed by atoms with E-state index >= 15 is 0 Å². The Kier molecular flexibility index (Phi) is 3.66. The average Bonchev–Trinajstić information content (AvgIpc) is 2.19. The van der Waals surface area contributed by atoms with Gasteiger partial charge in [0.1, 0.15) is 0 Å². The van der Waals surface area contributed by atoms with Crippen LogP contribution in [0.25, 0.3) is 0 Å². The Balaban J connectivity index is 2.79. The SMILES string of the molecule is CCS(=O)(=O)Cc1ccc(CN)cc1. The van der Waals surface area contributed by atoms with Crippen LogP contribution in [0.4, 0.5) is 0 Å². The summed E-state index contributed by atoms with van der Waals surface area (Å²) >= 11 is 0. The Bertz CT molecular complexity index is 381. The molecule has 78 valence electrons. The van der Waals surface area contributed by atoms with E-state index in [0.29, 0.717) is 6.54 Å². The van der Waals surface area contributed by atoms with Gasteiger partial charge in [-0.1, -0.05) is 31.2 Å². The summed E-state index contributed by atoms with van der Waals surface area (Å²) in [4.78, 5) is 0. The molecule has 0 unspecified atom stereocenters. The van der Waals surface area contributed by atoms with Gasteiger partial charge in [0.15, 0.2) is 9.84 Å². The van der Waals surface area contributed by atoms with Crippen molar-refractivity contribution in [3.63, 3.8) is 0 Å². The molecule has 0 aliphatic heterocycles. The molecule has 0 aromatic heterocycles. The van der Waals surface area contributed by atoms with Crippen molar-refractivity contribution in [2.45, 2.75) is 19.2 Å². The van der Waals surface area contributed by atoms with Gasteiger partial charge in [-0.3, -0.25) is 0 Å². The Labute approximate surface area is 84.9 Å². The van der Waals surface area contributed by atoms with Crippen molar-refractivity contribution in [2.24, 2.45) is 5.73 Å². The lowest BCUT2D eigenvalue weighted by molar-refractivity contribution is 0.596. The summed E-state index contributed by atoms with van der Waals surface area (Å²) in [6.07, 6.45) is 0. The maximum Gasteiger partial charge on any atom is 0.154 e. The molecule has 1 aromatic rings. The van der Waals surface area contributed by atoms with Crippen LogP contribution in [0, 0.1) is 0 Å². The van der Waals surface area contributed by atoms with Gasteiger partial charge in [-0.25, -0.2) is 8.42 Å². The maximum absolute atomic E-state index is 11.3. The number of rotatable bonds is 4. The summed E-state index contributed by atoms with van der Waals surface area (Å²) in [5, 5.41) is 0. The van der Waals surface area contributed by atoms with E-state index < -0.39 is 9.84 Å². The summed E-state index contributed by atoms with van der Waals surface area (Å²) < 4.78 is 22.6. The predicted molar refractivity (Wildman–Crippen MR) is 57.5 cm³/mol. The number of hydrogen-bond donors (Lipinski definition) is 1. The van der Waals surface area contributed by atoms with Crippen molar-refractivity contribution in [3.05, 3.63) is 35.4 Å². The minimum absolute atomic E-state index is 0.119. The van der Waals surface area contributed by atoms with Crippen molar-refractivity contribution in [1.29, 1.82) is 0 Å². The van der Waals surface area contributed by atoms with Gasteiger partial charge < -0.3 is 5.73 Å². The van der Waals surface area contributed by atoms with Crippen LogP contribution >= 0.6 is 0 Å². The smallest absolute Gasteiger partial charge is 0.154 e. The Morgan fingerprint density at radius 2 is 1.64 bits per heavy atom. The number of sulfone groups is 1. The molecule has 1 rings (SSSR count). The summed E-state index contributed by atoms with van der Waals surface area (Å²) in [5.74, 6) is 0.306. The third-order valence-electron chi connectivity index (χ3n) is 2.09. The highest BCUT2D eigenvalue weighted by atomic mass is 32.2. The standard InChI is InChI=1S/C10H15NO2S/c1-2-14(12,13)8-10-5-3-9(7-11)4-6-10/h3-6H,2,7-8,11H2,1H3.